The Balaban J connectivity index is 1.00. The normalized spacial score (nSPS) is 15.5. The lowest BCUT2D eigenvalue weighted by molar-refractivity contribution is -0.141. The van der Waals surface area contributed by atoms with Crippen LogP contribution in [0.15, 0.2) is 96.1 Å². The number of H-pyrrole nitrogens is 1. The fourth-order valence-corrected chi connectivity index (χ4v) is 7.37. The van der Waals surface area contributed by atoms with Crippen LogP contribution in [0.25, 0.3) is 11.4 Å². The van der Waals surface area contributed by atoms with Gasteiger partial charge in [0.25, 0.3) is 5.91 Å². The van der Waals surface area contributed by atoms with Crippen LogP contribution in [0.4, 0.5) is 29.3 Å². The number of nitrogen functional groups attached to an aromatic ring is 1. The van der Waals surface area contributed by atoms with Crippen molar-refractivity contribution in [3.05, 3.63) is 129 Å². The molecule has 2 fully saturated rings. The highest BCUT2D eigenvalue weighted by Crippen LogP contribution is 2.38. The maximum Gasteiger partial charge on any atom is 0.418 e. The topological polar surface area (TPSA) is 169 Å². The first-order valence-electron chi connectivity index (χ1n) is 18.9. The van der Waals surface area contributed by atoms with Crippen molar-refractivity contribution in [1.82, 2.24) is 29.5 Å². The van der Waals surface area contributed by atoms with Crippen molar-refractivity contribution in [1.29, 1.82) is 0 Å². The molecule has 3 N–H and O–H groups in total. The van der Waals surface area contributed by atoms with E-state index in [0.717, 1.165) is 22.9 Å². The highest BCUT2D eigenvalue weighted by molar-refractivity contribution is 6.33. The molecule has 2 aliphatic heterocycles. The monoisotopic (exact) mass is 832 g/mol. The van der Waals surface area contributed by atoms with Gasteiger partial charge >= 0.3 is 23.9 Å². The second kappa shape index (κ2) is 17.6. The molecular weight excluding hydrogens is 793 g/mol. The summed E-state index contributed by atoms with van der Waals surface area (Å²) in [4.78, 5) is 64.8. The maximum absolute atomic E-state index is 14.1. The van der Waals surface area contributed by atoms with E-state index in [2.05, 4.69) is 15.1 Å². The predicted molar refractivity (Wildman–Crippen MR) is 212 cm³/mol. The van der Waals surface area contributed by atoms with Crippen LogP contribution in [0.3, 0.4) is 0 Å². The zero-order valence-electron chi connectivity index (χ0n) is 31.6. The molecule has 2 amide bonds. The largest absolute Gasteiger partial charge is 0.457 e. The lowest BCUT2D eigenvalue weighted by Crippen LogP contribution is -2.53. The molecule has 2 aliphatic rings. The average molecular weight is 833 g/mol. The minimum Gasteiger partial charge on any atom is -0.457 e. The maximum atomic E-state index is 14.1. The quantitative estimate of drug-likeness (QED) is 0.126. The number of nitrogens with two attached hydrogens (primary N) is 1. The van der Waals surface area contributed by atoms with Gasteiger partial charge in [-0.15, -0.1) is 5.10 Å². The third-order valence-corrected chi connectivity index (χ3v) is 10.7. The molecule has 14 nitrogen and oxygen atoms in total. The predicted octanol–water partition coefficient (Wildman–Crippen LogP) is 5.98. The van der Waals surface area contributed by atoms with Gasteiger partial charge in [-0.25, -0.2) is 19.1 Å². The summed E-state index contributed by atoms with van der Waals surface area (Å²) in [6.45, 7) is 1.66. The van der Waals surface area contributed by atoms with Crippen molar-refractivity contribution in [3.8, 4) is 11.4 Å². The summed E-state index contributed by atoms with van der Waals surface area (Å²) >= 11 is 6.12. The molecule has 0 bridgehead atoms. The van der Waals surface area contributed by atoms with Crippen LogP contribution < -0.4 is 16.3 Å². The molecule has 0 unspecified atom stereocenters. The highest BCUT2D eigenvalue weighted by atomic mass is 35.5. The number of halogens is 4. The van der Waals surface area contributed by atoms with Gasteiger partial charge in [0.15, 0.2) is 11.9 Å². The van der Waals surface area contributed by atoms with E-state index in [1.54, 1.807) is 48.8 Å². The van der Waals surface area contributed by atoms with Crippen LogP contribution in [0.5, 0.6) is 0 Å². The fraction of sp³-hybridized carbons (Fsp3) is 0.317. The van der Waals surface area contributed by atoms with Crippen LogP contribution in [0.1, 0.15) is 45.9 Å². The summed E-state index contributed by atoms with van der Waals surface area (Å²) < 4.78 is 54.3. The van der Waals surface area contributed by atoms with E-state index in [1.165, 1.54) is 20.5 Å². The summed E-state index contributed by atoms with van der Waals surface area (Å²) in [6, 6.07) is 21.3. The van der Waals surface area contributed by atoms with E-state index in [4.69, 9.17) is 26.8 Å². The van der Waals surface area contributed by atoms with E-state index in [9.17, 15) is 32.3 Å². The standard InChI is InChI=1S/C41H40ClF3N8O6/c42-33-23-27(22-32(35(33)46)41(43,44)45)24-34(59-40(57)52-16-12-31(13-17-52)53-39(56)48-36(49-53)28-4-2-1-3-5-28)37(54)51-20-18-50(19-21-51)30-8-6-29(7-9-30)38(55)58-25-26-10-14-47-15-11-26/h1-11,14-15,22-23,31,34H,12-13,16-21,24-25,46H2,(H,48,49,56)/t34-/m1/s1. The molecule has 2 aromatic heterocycles. The SMILES string of the molecule is Nc1c(Cl)cc(C[C@@H](OC(=O)N2CCC(n3nc(-c4ccccc4)[nH]c3=O)CC2)C(=O)N2CCN(c3ccc(C(=O)OCc4ccncc4)cc3)CC2)cc1C(F)(F)F. The molecule has 0 aliphatic carbocycles. The van der Waals surface area contributed by atoms with Gasteiger partial charge in [-0.3, -0.25) is 14.8 Å². The number of benzene rings is 3. The average Bonchev–Trinajstić information content (AvgIpc) is 3.65. The number of nitrogens with zero attached hydrogens (tertiary/aromatic N) is 6. The number of ether oxygens (including phenoxy) is 2. The Morgan fingerprint density at radius 2 is 1.56 bits per heavy atom. The van der Waals surface area contributed by atoms with Gasteiger partial charge in [-0.1, -0.05) is 41.9 Å². The number of likely N-dealkylation sites (tertiary alicyclic amines) is 1. The molecular formula is C41H40ClF3N8O6. The number of piperidine rings is 1. The first kappa shape index (κ1) is 40.8. The van der Waals surface area contributed by atoms with Crippen molar-refractivity contribution in [2.24, 2.45) is 0 Å². The number of nitrogens with one attached hydrogen (secondary N) is 1. The first-order valence-corrected chi connectivity index (χ1v) is 19.3. The second-order valence-corrected chi connectivity index (χ2v) is 14.6. The number of piperazine rings is 1. The molecule has 1 atom stereocenters. The van der Waals surface area contributed by atoms with E-state index in [-0.39, 0.29) is 55.1 Å². The number of hydrogen-bond acceptors (Lipinski definition) is 10. The van der Waals surface area contributed by atoms with Crippen molar-refractivity contribution in [2.75, 3.05) is 49.9 Å². The third kappa shape index (κ3) is 9.68. The van der Waals surface area contributed by atoms with Gasteiger partial charge < -0.3 is 29.9 Å². The molecule has 59 heavy (non-hydrogen) atoms. The lowest BCUT2D eigenvalue weighted by Gasteiger charge is -2.38. The van der Waals surface area contributed by atoms with Gasteiger partial charge in [0.1, 0.15) is 6.61 Å². The van der Waals surface area contributed by atoms with Gasteiger partial charge in [0, 0.05) is 69.3 Å². The zero-order chi connectivity index (χ0) is 41.7. The Morgan fingerprint density at radius 1 is 0.881 bits per heavy atom. The molecule has 4 heterocycles. The summed E-state index contributed by atoms with van der Waals surface area (Å²) in [6.07, 6.45) is -3.57. The highest BCUT2D eigenvalue weighted by Gasteiger charge is 2.37. The van der Waals surface area contributed by atoms with E-state index < -0.39 is 47.9 Å². The molecule has 2 saturated heterocycles. The minimum atomic E-state index is -4.82. The third-order valence-electron chi connectivity index (χ3n) is 10.4. The molecule has 18 heteroatoms. The molecule has 0 saturated carbocycles. The Hall–Kier alpha value is -6.36. The van der Waals surface area contributed by atoms with Crippen molar-refractivity contribution in [2.45, 2.75) is 44.2 Å². The number of anilines is 2. The molecule has 308 valence electrons. The van der Waals surface area contributed by atoms with E-state index >= 15 is 0 Å². The molecule has 0 spiro atoms. The lowest BCUT2D eigenvalue weighted by atomic mass is 10.0. The number of carbonyl (C=O) groups is 3. The Labute approximate surface area is 341 Å². The zero-order valence-corrected chi connectivity index (χ0v) is 32.4. The number of pyridine rings is 1. The van der Waals surface area contributed by atoms with Gasteiger partial charge in [-0.2, -0.15) is 13.2 Å². The molecule has 3 aromatic carbocycles. The van der Waals surface area contributed by atoms with E-state index in [0.29, 0.717) is 37.3 Å². The minimum absolute atomic E-state index is 0.00606. The second-order valence-electron chi connectivity index (χ2n) is 14.2. The van der Waals surface area contributed by atoms with Crippen LogP contribution in [0.2, 0.25) is 5.02 Å². The summed E-state index contributed by atoms with van der Waals surface area (Å²) in [5.41, 5.74) is 6.20. The fourth-order valence-electron chi connectivity index (χ4n) is 7.13. The van der Waals surface area contributed by atoms with E-state index in [1.807, 2.05) is 35.2 Å². The smallest absolute Gasteiger partial charge is 0.418 e. The Morgan fingerprint density at radius 3 is 2.22 bits per heavy atom. The van der Waals surface area contributed by atoms with Gasteiger partial charge in [0.05, 0.1) is 27.9 Å². The van der Waals surface area contributed by atoms with Crippen molar-refractivity contribution >= 4 is 40.9 Å². The van der Waals surface area contributed by atoms with Crippen LogP contribution in [-0.2, 0) is 33.5 Å². The number of amides is 2. The molecule has 7 rings (SSSR count). The number of rotatable bonds is 10. The Kier molecular flexibility index (Phi) is 12.2. The van der Waals surface area contributed by atoms with Crippen LogP contribution in [-0.4, -0.2) is 92.9 Å². The van der Waals surface area contributed by atoms with Gasteiger partial charge in [0.2, 0.25) is 0 Å². The summed E-state index contributed by atoms with van der Waals surface area (Å²) in [5.74, 6) is -0.647. The Bertz CT molecular complexity index is 2330. The molecule has 5 aromatic rings. The number of carbonyl (C=O) groups excluding carboxylic acids is 3. The van der Waals surface area contributed by atoms with Crippen LogP contribution >= 0.6 is 11.6 Å². The number of esters is 1. The summed E-state index contributed by atoms with van der Waals surface area (Å²) in [7, 11) is 0. The summed E-state index contributed by atoms with van der Waals surface area (Å²) in [5, 5.41) is 4.13. The van der Waals surface area contributed by atoms with Crippen molar-refractivity contribution in [3.63, 3.8) is 0 Å². The van der Waals surface area contributed by atoms with Crippen molar-refractivity contribution < 1.29 is 37.0 Å². The number of aromatic amines is 1. The van der Waals surface area contributed by atoms with Crippen LogP contribution in [0, 0.1) is 0 Å². The molecule has 0 radical (unpaired) electrons. The first-order chi connectivity index (χ1) is 28.3. The van der Waals surface area contributed by atoms with Gasteiger partial charge in [-0.05, 0) is 72.5 Å². The number of alkyl halides is 3. The number of aromatic nitrogens is 4. The number of hydrogen-bond donors (Lipinski definition) is 2.